The summed E-state index contributed by atoms with van der Waals surface area (Å²) in [6, 6.07) is 9.91. The fourth-order valence-corrected chi connectivity index (χ4v) is 3.43. The Morgan fingerprint density at radius 1 is 1.29 bits per heavy atom. The predicted octanol–water partition coefficient (Wildman–Crippen LogP) is 3.68. The van der Waals surface area contributed by atoms with E-state index in [4.69, 9.17) is 0 Å². The van der Waals surface area contributed by atoms with E-state index < -0.39 is 5.82 Å². The first-order valence-corrected chi connectivity index (χ1v) is 8.39. The Morgan fingerprint density at radius 3 is 2.75 bits per heavy atom. The second-order valence-corrected chi connectivity index (χ2v) is 6.61. The molecule has 1 N–H and O–H groups in total. The van der Waals surface area contributed by atoms with E-state index in [2.05, 4.69) is 21.2 Å². The zero-order valence-electron chi connectivity index (χ0n) is 13.1. The van der Waals surface area contributed by atoms with Gasteiger partial charge in [0.2, 0.25) is 11.8 Å². The molecule has 0 aromatic heterocycles. The van der Waals surface area contributed by atoms with Crippen molar-refractivity contribution < 1.29 is 14.0 Å². The van der Waals surface area contributed by atoms with Gasteiger partial charge in [0.25, 0.3) is 0 Å². The molecular formula is C18H16BrFN2O2. The molecule has 124 valence electrons. The van der Waals surface area contributed by atoms with Gasteiger partial charge in [-0.15, -0.1) is 0 Å². The molecular weight excluding hydrogens is 375 g/mol. The second kappa shape index (κ2) is 6.73. The summed E-state index contributed by atoms with van der Waals surface area (Å²) in [6.45, 7) is 2.10. The van der Waals surface area contributed by atoms with Crippen molar-refractivity contribution in [1.29, 1.82) is 0 Å². The van der Waals surface area contributed by atoms with Crippen LogP contribution in [-0.2, 0) is 22.4 Å². The van der Waals surface area contributed by atoms with Crippen molar-refractivity contribution in [3.8, 4) is 0 Å². The summed E-state index contributed by atoms with van der Waals surface area (Å²) in [6.07, 6.45) is 0.679. The molecule has 0 radical (unpaired) electrons. The first-order valence-electron chi connectivity index (χ1n) is 7.59. The summed E-state index contributed by atoms with van der Waals surface area (Å²) in [5.74, 6) is -0.797. The Balaban J connectivity index is 1.86. The van der Waals surface area contributed by atoms with E-state index in [0.717, 1.165) is 22.1 Å². The number of fused-ring (bicyclic) bond motifs is 1. The smallest absolute Gasteiger partial charge is 0.228 e. The largest absolute Gasteiger partial charge is 0.324 e. The molecule has 1 aliphatic heterocycles. The average molecular weight is 391 g/mol. The van der Waals surface area contributed by atoms with E-state index in [-0.39, 0.29) is 18.2 Å². The van der Waals surface area contributed by atoms with Crippen LogP contribution < -0.4 is 10.2 Å². The lowest BCUT2D eigenvalue weighted by Gasteiger charge is -2.19. The molecule has 0 unspecified atom stereocenters. The van der Waals surface area contributed by atoms with E-state index >= 15 is 0 Å². The van der Waals surface area contributed by atoms with Gasteiger partial charge in [0.15, 0.2) is 0 Å². The van der Waals surface area contributed by atoms with Crippen molar-refractivity contribution in [2.45, 2.75) is 19.8 Å². The van der Waals surface area contributed by atoms with E-state index in [1.165, 1.54) is 13.0 Å². The third kappa shape index (κ3) is 3.33. The van der Waals surface area contributed by atoms with Gasteiger partial charge < -0.3 is 10.2 Å². The van der Waals surface area contributed by atoms with Crippen LogP contribution in [0.3, 0.4) is 0 Å². The number of carbonyl (C=O) groups excluding carboxylic acids is 2. The summed E-state index contributed by atoms with van der Waals surface area (Å²) in [5, 5.41) is 2.81. The van der Waals surface area contributed by atoms with E-state index in [1.54, 1.807) is 29.2 Å². The van der Waals surface area contributed by atoms with Crippen LogP contribution >= 0.6 is 15.9 Å². The van der Waals surface area contributed by atoms with Crippen LogP contribution in [-0.4, -0.2) is 18.4 Å². The lowest BCUT2D eigenvalue weighted by atomic mass is 10.1. The van der Waals surface area contributed by atoms with Crippen molar-refractivity contribution in [3.63, 3.8) is 0 Å². The first-order chi connectivity index (χ1) is 11.5. The fraction of sp³-hybridized carbons (Fsp3) is 0.222. The number of anilines is 2. The van der Waals surface area contributed by atoms with Crippen LogP contribution in [0.2, 0.25) is 0 Å². The molecule has 24 heavy (non-hydrogen) atoms. The van der Waals surface area contributed by atoms with Crippen molar-refractivity contribution >= 4 is 39.1 Å². The third-order valence-corrected chi connectivity index (χ3v) is 4.45. The lowest BCUT2D eigenvalue weighted by molar-refractivity contribution is -0.117. The molecule has 6 heteroatoms. The molecule has 0 aliphatic carbocycles. The molecule has 0 spiro atoms. The number of carbonyl (C=O) groups is 2. The minimum Gasteiger partial charge on any atom is -0.324 e. The fourth-order valence-electron chi connectivity index (χ4n) is 2.93. The SMILES string of the molecule is CC(=O)N1CCc2cc(Br)cc(NC(=O)Cc3ccccc3F)c21. The number of amides is 2. The monoisotopic (exact) mass is 390 g/mol. The molecule has 0 bridgehead atoms. The highest BCUT2D eigenvalue weighted by molar-refractivity contribution is 9.10. The zero-order valence-corrected chi connectivity index (χ0v) is 14.7. The summed E-state index contributed by atoms with van der Waals surface area (Å²) in [4.78, 5) is 25.8. The third-order valence-electron chi connectivity index (χ3n) is 3.99. The van der Waals surface area contributed by atoms with Crippen molar-refractivity contribution in [1.82, 2.24) is 0 Å². The maximum absolute atomic E-state index is 13.7. The minimum atomic E-state index is -0.405. The average Bonchev–Trinajstić information content (AvgIpc) is 2.93. The molecule has 1 aliphatic rings. The van der Waals surface area contributed by atoms with Gasteiger partial charge in [0.05, 0.1) is 17.8 Å². The van der Waals surface area contributed by atoms with E-state index in [9.17, 15) is 14.0 Å². The van der Waals surface area contributed by atoms with Gasteiger partial charge in [0.1, 0.15) is 5.82 Å². The number of nitrogens with zero attached hydrogens (tertiary/aromatic N) is 1. The highest BCUT2D eigenvalue weighted by atomic mass is 79.9. The molecule has 0 fully saturated rings. The Labute approximate surface area is 147 Å². The van der Waals surface area contributed by atoms with E-state index in [0.29, 0.717) is 17.8 Å². The number of benzene rings is 2. The molecule has 2 aromatic rings. The molecule has 0 saturated carbocycles. The molecule has 2 amide bonds. The summed E-state index contributed by atoms with van der Waals surface area (Å²) >= 11 is 3.43. The van der Waals surface area contributed by atoms with Gasteiger partial charge in [-0.3, -0.25) is 9.59 Å². The highest BCUT2D eigenvalue weighted by Gasteiger charge is 2.26. The molecule has 0 saturated heterocycles. The van der Waals surface area contributed by atoms with Gasteiger partial charge in [-0.1, -0.05) is 34.1 Å². The first kappa shape index (κ1) is 16.6. The molecule has 1 heterocycles. The summed E-state index contributed by atoms with van der Waals surface area (Å²) in [7, 11) is 0. The van der Waals surface area contributed by atoms with Crippen LogP contribution in [0, 0.1) is 5.82 Å². The number of hydrogen-bond acceptors (Lipinski definition) is 2. The molecule has 0 atom stereocenters. The lowest BCUT2D eigenvalue weighted by Crippen LogP contribution is -2.27. The predicted molar refractivity (Wildman–Crippen MR) is 94.6 cm³/mol. The Kier molecular flexibility index (Phi) is 4.66. The number of nitrogens with one attached hydrogen (secondary N) is 1. The topological polar surface area (TPSA) is 49.4 Å². The summed E-state index contributed by atoms with van der Waals surface area (Å²) in [5.41, 5.74) is 2.63. The maximum Gasteiger partial charge on any atom is 0.228 e. The summed E-state index contributed by atoms with van der Waals surface area (Å²) < 4.78 is 14.5. The van der Waals surface area contributed by atoms with Gasteiger partial charge >= 0.3 is 0 Å². The Hall–Kier alpha value is -2.21. The van der Waals surface area contributed by atoms with Crippen LogP contribution in [0.5, 0.6) is 0 Å². The van der Waals surface area contributed by atoms with E-state index in [1.807, 2.05) is 6.07 Å². The Morgan fingerprint density at radius 2 is 2.04 bits per heavy atom. The second-order valence-electron chi connectivity index (χ2n) is 5.70. The molecule has 3 rings (SSSR count). The van der Waals surface area contributed by atoms with Gasteiger partial charge in [0, 0.05) is 17.9 Å². The number of halogens is 2. The highest BCUT2D eigenvalue weighted by Crippen LogP contribution is 2.38. The quantitative estimate of drug-likeness (QED) is 0.868. The standard InChI is InChI=1S/C18H16BrFN2O2/c1-11(23)22-7-6-13-8-14(19)10-16(18(13)22)21-17(24)9-12-4-2-3-5-15(12)20/h2-5,8,10H,6-7,9H2,1H3,(H,21,24). The van der Waals surface area contributed by atoms with Gasteiger partial charge in [-0.05, 0) is 35.7 Å². The van der Waals surface area contributed by atoms with Crippen molar-refractivity contribution in [2.24, 2.45) is 0 Å². The van der Waals surface area contributed by atoms with Crippen LogP contribution in [0.1, 0.15) is 18.1 Å². The van der Waals surface area contributed by atoms with Gasteiger partial charge in [-0.2, -0.15) is 0 Å². The Bertz CT molecular complexity index is 823. The van der Waals surface area contributed by atoms with Gasteiger partial charge in [-0.25, -0.2) is 4.39 Å². The van der Waals surface area contributed by atoms with Crippen LogP contribution in [0.25, 0.3) is 0 Å². The molecule has 4 nitrogen and oxygen atoms in total. The number of rotatable bonds is 3. The normalized spacial score (nSPS) is 12.9. The van der Waals surface area contributed by atoms with Crippen LogP contribution in [0.15, 0.2) is 40.9 Å². The van der Waals surface area contributed by atoms with Crippen molar-refractivity contribution in [3.05, 3.63) is 57.8 Å². The number of hydrogen-bond donors (Lipinski definition) is 1. The minimum absolute atomic E-state index is 0.0615. The molecule has 2 aromatic carbocycles. The zero-order chi connectivity index (χ0) is 17.3. The van der Waals surface area contributed by atoms with Crippen molar-refractivity contribution in [2.75, 3.05) is 16.8 Å². The van der Waals surface area contributed by atoms with Crippen LogP contribution in [0.4, 0.5) is 15.8 Å². The maximum atomic E-state index is 13.7.